The van der Waals surface area contributed by atoms with Crippen LogP contribution in [-0.2, 0) is 11.3 Å². The van der Waals surface area contributed by atoms with Crippen LogP contribution in [0.5, 0.6) is 11.5 Å². The molecule has 0 radical (unpaired) electrons. The van der Waals surface area contributed by atoms with Gasteiger partial charge in [-0.25, -0.2) is 0 Å². The number of amides is 1. The normalized spacial score (nSPS) is 11.9. The topological polar surface area (TPSA) is 64.8 Å². The summed E-state index contributed by atoms with van der Waals surface area (Å²) in [6.07, 6.45) is 0. The van der Waals surface area contributed by atoms with Crippen molar-refractivity contribution in [1.82, 2.24) is 4.90 Å². The lowest BCUT2D eigenvalue weighted by molar-refractivity contribution is -0.131. The number of nitrogens with two attached hydrogens (primary N) is 1. The monoisotopic (exact) mass is 266 g/mol. The molecule has 1 rings (SSSR count). The summed E-state index contributed by atoms with van der Waals surface area (Å²) in [6.45, 7) is 4.05. The van der Waals surface area contributed by atoms with Crippen LogP contribution in [0, 0.1) is 6.92 Å². The van der Waals surface area contributed by atoms with Crippen molar-refractivity contribution in [1.29, 1.82) is 0 Å². The van der Waals surface area contributed by atoms with Gasteiger partial charge in [-0.15, -0.1) is 0 Å². The van der Waals surface area contributed by atoms with Gasteiger partial charge in [0.2, 0.25) is 5.91 Å². The molecule has 1 unspecified atom stereocenters. The molecule has 0 bridgehead atoms. The molecule has 0 aromatic heterocycles. The zero-order valence-corrected chi connectivity index (χ0v) is 12.2. The third-order valence-corrected chi connectivity index (χ3v) is 3.04. The number of hydrogen-bond donors (Lipinski definition) is 1. The van der Waals surface area contributed by atoms with Crippen LogP contribution >= 0.6 is 0 Å². The van der Waals surface area contributed by atoms with E-state index < -0.39 is 6.04 Å². The lowest BCUT2D eigenvalue weighted by atomic mass is 10.1. The van der Waals surface area contributed by atoms with Gasteiger partial charge in [0.25, 0.3) is 0 Å². The summed E-state index contributed by atoms with van der Waals surface area (Å²) < 4.78 is 10.7. The highest BCUT2D eigenvalue weighted by atomic mass is 16.5. The minimum Gasteiger partial charge on any atom is -0.496 e. The molecule has 1 aromatic carbocycles. The van der Waals surface area contributed by atoms with Crippen LogP contribution < -0.4 is 15.2 Å². The van der Waals surface area contributed by atoms with Gasteiger partial charge in [-0.3, -0.25) is 4.79 Å². The largest absolute Gasteiger partial charge is 0.496 e. The van der Waals surface area contributed by atoms with E-state index in [1.54, 1.807) is 33.1 Å². The first-order chi connectivity index (χ1) is 8.92. The summed E-state index contributed by atoms with van der Waals surface area (Å²) in [5.41, 5.74) is 7.44. The number of ether oxygens (including phenoxy) is 2. The van der Waals surface area contributed by atoms with E-state index in [4.69, 9.17) is 15.2 Å². The minimum atomic E-state index is -0.504. The smallest absolute Gasteiger partial charge is 0.239 e. The Hall–Kier alpha value is -1.75. The summed E-state index contributed by atoms with van der Waals surface area (Å²) in [7, 11) is 4.95. The van der Waals surface area contributed by atoms with E-state index in [0.29, 0.717) is 6.54 Å². The second kappa shape index (κ2) is 6.43. The summed E-state index contributed by atoms with van der Waals surface area (Å²) in [6, 6.07) is 3.27. The lowest BCUT2D eigenvalue weighted by Crippen LogP contribution is -2.39. The average molecular weight is 266 g/mol. The van der Waals surface area contributed by atoms with Crippen LogP contribution in [-0.4, -0.2) is 38.1 Å². The molecular formula is C14H22N2O3. The van der Waals surface area contributed by atoms with Crippen LogP contribution in [0.4, 0.5) is 0 Å². The molecule has 0 saturated carbocycles. The van der Waals surface area contributed by atoms with Gasteiger partial charge in [-0.2, -0.15) is 0 Å². The van der Waals surface area contributed by atoms with Gasteiger partial charge in [-0.1, -0.05) is 0 Å². The lowest BCUT2D eigenvalue weighted by Gasteiger charge is -2.22. The molecule has 0 fully saturated rings. The Balaban J connectivity index is 3.02. The summed E-state index contributed by atoms with van der Waals surface area (Å²) in [5, 5.41) is 0. The first-order valence-corrected chi connectivity index (χ1v) is 6.13. The van der Waals surface area contributed by atoms with Gasteiger partial charge in [0.15, 0.2) is 0 Å². The minimum absolute atomic E-state index is 0.101. The molecule has 106 valence electrons. The molecule has 1 amide bonds. The van der Waals surface area contributed by atoms with E-state index in [0.717, 1.165) is 22.6 Å². The van der Waals surface area contributed by atoms with Gasteiger partial charge in [0.1, 0.15) is 11.5 Å². The van der Waals surface area contributed by atoms with Crippen LogP contribution in [0.25, 0.3) is 0 Å². The van der Waals surface area contributed by atoms with E-state index in [9.17, 15) is 4.79 Å². The molecule has 0 aliphatic heterocycles. The van der Waals surface area contributed by atoms with Crippen molar-refractivity contribution in [3.63, 3.8) is 0 Å². The molecule has 2 N–H and O–H groups in total. The first-order valence-electron chi connectivity index (χ1n) is 6.13. The van der Waals surface area contributed by atoms with Crippen LogP contribution in [0.15, 0.2) is 12.1 Å². The van der Waals surface area contributed by atoms with Crippen molar-refractivity contribution >= 4 is 5.91 Å². The standard InChI is InChI=1S/C14H22N2O3/c1-9-12(18-4)7-6-11(13(9)19-5)8-16(3)14(17)10(2)15/h6-7,10H,8,15H2,1-5H3. The Kier molecular flexibility index (Phi) is 5.18. The number of nitrogens with zero attached hydrogens (tertiary/aromatic N) is 1. The fourth-order valence-corrected chi connectivity index (χ4v) is 2.04. The number of hydrogen-bond acceptors (Lipinski definition) is 4. The number of carbonyl (C=O) groups excluding carboxylic acids is 1. The van der Waals surface area contributed by atoms with Crippen LogP contribution in [0.1, 0.15) is 18.1 Å². The van der Waals surface area contributed by atoms with Crippen molar-refractivity contribution in [2.45, 2.75) is 26.4 Å². The van der Waals surface area contributed by atoms with E-state index >= 15 is 0 Å². The Labute approximate surface area is 114 Å². The van der Waals surface area contributed by atoms with Crippen molar-refractivity contribution in [3.05, 3.63) is 23.3 Å². The summed E-state index contributed by atoms with van der Waals surface area (Å²) in [5.74, 6) is 1.40. The molecule has 0 aliphatic rings. The van der Waals surface area contributed by atoms with E-state index in [1.165, 1.54) is 0 Å². The maximum absolute atomic E-state index is 11.8. The van der Waals surface area contributed by atoms with Gasteiger partial charge in [0, 0.05) is 24.7 Å². The Bertz CT molecular complexity index is 458. The molecule has 0 aliphatic carbocycles. The molecule has 5 nitrogen and oxygen atoms in total. The number of methoxy groups -OCH3 is 2. The first kappa shape index (κ1) is 15.3. The van der Waals surface area contributed by atoms with Gasteiger partial charge < -0.3 is 20.1 Å². The SMILES string of the molecule is COc1ccc(CN(C)C(=O)C(C)N)c(OC)c1C. The number of benzene rings is 1. The Morgan fingerprint density at radius 2 is 2.00 bits per heavy atom. The third-order valence-electron chi connectivity index (χ3n) is 3.04. The molecule has 0 saturated heterocycles. The molecule has 0 heterocycles. The van der Waals surface area contributed by atoms with E-state index in [1.807, 2.05) is 19.1 Å². The van der Waals surface area contributed by atoms with Gasteiger partial charge in [0.05, 0.1) is 20.3 Å². The van der Waals surface area contributed by atoms with E-state index in [2.05, 4.69) is 0 Å². The second-order valence-electron chi connectivity index (χ2n) is 4.57. The number of likely N-dealkylation sites (N-methyl/N-ethyl adjacent to an activating group) is 1. The van der Waals surface area contributed by atoms with Gasteiger partial charge in [-0.05, 0) is 26.0 Å². The maximum Gasteiger partial charge on any atom is 0.239 e. The fraction of sp³-hybridized carbons (Fsp3) is 0.500. The van der Waals surface area contributed by atoms with Crippen molar-refractivity contribution in [2.75, 3.05) is 21.3 Å². The van der Waals surface area contributed by atoms with Crippen molar-refractivity contribution in [2.24, 2.45) is 5.73 Å². The fourth-order valence-electron chi connectivity index (χ4n) is 2.04. The average Bonchev–Trinajstić information content (AvgIpc) is 2.38. The quantitative estimate of drug-likeness (QED) is 0.873. The van der Waals surface area contributed by atoms with Gasteiger partial charge >= 0.3 is 0 Å². The van der Waals surface area contributed by atoms with Crippen molar-refractivity contribution < 1.29 is 14.3 Å². The predicted molar refractivity (Wildman–Crippen MR) is 74.4 cm³/mol. The van der Waals surface area contributed by atoms with Crippen molar-refractivity contribution in [3.8, 4) is 11.5 Å². The zero-order valence-electron chi connectivity index (χ0n) is 12.2. The molecule has 1 atom stereocenters. The Morgan fingerprint density at radius 1 is 1.37 bits per heavy atom. The maximum atomic E-state index is 11.8. The summed E-state index contributed by atoms with van der Waals surface area (Å²) >= 11 is 0. The zero-order chi connectivity index (χ0) is 14.6. The third kappa shape index (κ3) is 3.38. The molecule has 0 spiro atoms. The molecule has 19 heavy (non-hydrogen) atoms. The number of carbonyl (C=O) groups is 1. The predicted octanol–water partition coefficient (Wildman–Crippen LogP) is 1.32. The molecule has 1 aromatic rings. The number of rotatable bonds is 5. The van der Waals surface area contributed by atoms with Crippen LogP contribution in [0.3, 0.4) is 0 Å². The Morgan fingerprint density at radius 3 is 2.47 bits per heavy atom. The highest BCUT2D eigenvalue weighted by molar-refractivity contribution is 5.81. The van der Waals surface area contributed by atoms with Crippen LogP contribution in [0.2, 0.25) is 0 Å². The molecular weight excluding hydrogens is 244 g/mol. The second-order valence-corrected chi connectivity index (χ2v) is 4.57. The molecule has 5 heteroatoms. The van der Waals surface area contributed by atoms with E-state index in [-0.39, 0.29) is 5.91 Å². The highest BCUT2D eigenvalue weighted by Crippen LogP contribution is 2.31. The highest BCUT2D eigenvalue weighted by Gasteiger charge is 2.17. The summed E-state index contributed by atoms with van der Waals surface area (Å²) in [4.78, 5) is 13.4.